The number of carbonyl (C=O) groups is 1. The molecule has 0 amide bonds. The smallest absolute Gasteiger partial charge is 0.165 e. The summed E-state index contributed by atoms with van der Waals surface area (Å²) in [5, 5.41) is 0. The van der Waals surface area contributed by atoms with Crippen LogP contribution in [0.3, 0.4) is 0 Å². The van der Waals surface area contributed by atoms with E-state index >= 15 is 0 Å². The molecule has 0 aliphatic rings. The quantitative estimate of drug-likeness (QED) is 0.683. The number of hydrogen-bond donors (Lipinski definition) is 0. The van der Waals surface area contributed by atoms with Crippen LogP contribution in [0, 0.1) is 11.8 Å². The number of ketones is 1. The molecule has 1 rings (SSSR count). The molecule has 0 heterocycles. The predicted molar refractivity (Wildman–Crippen MR) is 64.2 cm³/mol. The maximum Gasteiger partial charge on any atom is 0.165 e. The number of hydrogen-bond acceptors (Lipinski definition) is 1. The molecule has 1 unspecified atom stereocenters. The van der Waals surface area contributed by atoms with E-state index in [9.17, 15) is 4.79 Å². The van der Waals surface area contributed by atoms with Gasteiger partial charge in [0.1, 0.15) is 0 Å². The van der Waals surface area contributed by atoms with Gasteiger partial charge in [0.05, 0.1) is 0 Å². The predicted octanol–water partition coefficient (Wildman–Crippen LogP) is 3.72. The summed E-state index contributed by atoms with van der Waals surface area (Å²) < 4.78 is 0. The van der Waals surface area contributed by atoms with Gasteiger partial charge in [0, 0.05) is 11.5 Å². The molecule has 0 fully saturated rings. The molecule has 0 bridgehead atoms. The first-order valence-electron chi connectivity index (χ1n) is 5.69. The Bertz CT molecular complexity index is 339. The monoisotopic (exact) mass is 204 g/mol. The molecule has 0 radical (unpaired) electrons. The lowest BCUT2D eigenvalue weighted by atomic mass is 9.89. The second-order valence-electron chi connectivity index (χ2n) is 4.45. The number of benzene rings is 1. The fourth-order valence-electron chi connectivity index (χ4n) is 1.51. The van der Waals surface area contributed by atoms with Gasteiger partial charge in [-0.3, -0.25) is 4.79 Å². The first kappa shape index (κ1) is 12.0. The fraction of sp³-hybridized carbons (Fsp3) is 0.500. The van der Waals surface area contributed by atoms with Crippen molar-refractivity contribution in [2.24, 2.45) is 11.8 Å². The van der Waals surface area contributed by atoms with Crippen molar-refractivity contribution >= 4 is 5.78 Å². The van der Waals surface area contributed by atoms with Crippen LogP contribution in [0.2, 0.25) is 0 Å². The van der Waals surface area contributed by atoms with Crippen LogP contribution in [0.15, 0.2) is 24.3 Å². The highest BCUT2D eigenvalue weighted by Gasteiger charge is 2.18. The summed E-state index contributed by atoms with van der Waals surface area (Å²) in [6.07, 6.45) is 0.983. The Balaban J connectivity index is 2.91. The van der Waals surface area contributed by atoms with Crippen molar-refractivity contribution in [3.05, 3.63) is 35.4 Å². The Kier molecular flexibility index (Phi) is 4.07. The minimum Gasteiger partial charge on any atom is -0.294 e. The average molecular weight is 204 g/mol. The largest absolute Gasteiger partial charge is 0.294 e. The van der Waals surface area contributed by atoms with Crippen LogP contribution in [0.25, 0.3) is 0 Å². The Morgan fingerprint density at radius 2 is 1.93 bits per heavy atom. The van der Waals surface area contributed by atoms with E-state index in [0.717, 1.165) is 12.0 Å². The first-order valence-corrected chi connectivity index (χ1v) is 5.69. The molecule has 1 aromatic carbocycles. The topological polar surface area (TPSA) is 17.1 Å². The Morgan fingerprint density at radius 3 is 2.47 bits per heavy atom. The molecule has 0 aliphatic heterocycles. The third-order valence-corrected chi connectivity index (χ3v) is 3.03. The molecular weight excluding hydrogens is 184 g/mol. The maximum atomic E-state index is 12.1. The molecule has 0 N–H and O–H groups in total. The van der Waals surface area contributed by atoms with Crippen LogP contribution >= 0.6 is 0 Å². The van der Waals surface area contributed by atoms with Gasteiger partial charge in [0.15, 0.2) is 5.78 Å². The summed E-state index contributed by atoms with van der Waals surface area (Å²) >= 11 is 0. The SMILES string of the molecule is CCc1cccc(C(=O)C(C)C(C)C)c1. The van der Waals surface area contributed by atoms with Crippen LogP contribution in [0.1, 0.15) is 43.6 Å². The number of aryl methyl sites for hydroxylation is 1. The third kappa shape index (κ3) is 2.92. The maximum absolute atomic E-state index is 12.1. The molecule has 0 saturated carbocycles. The van der Waals surface area contributed by atoms with Gasteiger partial charge in [-0.05, 0) is 24.0 Å². The van der Waals surface area contributed by atoms with Gasteiger partial charge >= 0.3 is 0 Å². The van der Waals surface area contributed by atoms with Gasteiger partial charge in [0.2, 0.25) is 0 Å². The van der Waals surface area contributed by atoms with E-state index in [1.54, 1.807) is 0 Å². The van der Waals surface area contributed by atoms with Gasteiger partial charge in [-0.1, -0.05) is 45.9 Å². The van der Waals surface area contributed by atoms with E-state index in [4.69, 9.17) is 0 Å². The van der Waals surface area contributed by atoms with E-state index in [2.05, 4.69) is 26.8 Å². The lowest BCUT2D eigenvalue weighted by molar-refractivity contribution is 0.0899. The Labute approximate surface area is 92.5 Å². The summed E-state index contributed by atoms with van der Waals surface area (Å²) in [7, 11) is 0. The summed E-state index contributed by atoms with van der Waals surface area (Å²) in [5.74, 6) is 0.778. The van der Waals surface area contributed by atoms with Crippen molar-refractivity contribution in [3.63, 3.8) is 0 Å². The molecule has 0 aliphatic carbocycles. The van der Waals surface area contributed by atoms with Crippen molar-refractivity contribution in [1.82, 2.24) is 0 Å². The number of carbonyl (C=O) groups excluding carboxylic acids is 1. The zero-order valence-electron chi connectivity index (χ0n) is 10.1. The summed E-state index contributed by atoms with van der Waals surface area (Å²) in [6.45, 7) is 8.29. The molecule has 1 atom stereocenters. The summed E-state index contributed by atoms with van der Waals surface area (Å²) in [4.78, 5) is 12.1. The fourth-order valence-corrected chi connectivity index (χ4v) is 1.51. The summed E-state index contributed by atoms with van der Waals surface area (Å²) in [5.41, 5.74) is 2.09. The third-order valence-electron chi connectivity index (χ3n) is 3.03. The average Bonchev–Trinajstić information content (AvgIpc) is 2.27. The molecule has 82 valence electrons. The van der Waals surface area contributed by atoms with Gasteiger partial charge in [-0.25, -0.2) is 0 Å². The zero-order chi connectivity index (χ0) is 11.4. The Morgan fingerprint density at radius 1 is 1.27 bits per heavy atom. The molecule has 1 nitrogen and oxygen atoms in total. The molecule has 0 saturated heterocycles. The first-order chi connectivity index (χ1) is 7.06. The minimum atomic E-state index is 0.108. The normalized spacial score (nSPS) is 12.9. The van der Waals surface area contributed by atoms with E-state index in [0.29, 0.717) is 5.92 Å². The second-order valence-corrected chi connectivity index (χ2v) is 4.45. The highest BCUT2D eigenvalue weighted by Crippen LogP contribution is 2.17. The van der Waals surface area contributed by atoms with E-state index in [1.807, 2.05) is 25.1 Å². The standard InChI is InChI=1S/C14H20O/c1-5-12-7-6-8-13(9-12)14(15)11(4)10(2)3/h6-11H,5H2,1-4H3. The molecule has 1 aromatic rings. The Hall–Kier alpha value is -1.11. The molecular formula is C14H20O. The van der Waals surface area contributed by atoms with Gasteiger partial charge in [-0.15, -0.1) is 0 Å². The van der Waals surface area contributed by atoms with E-state index < -0.39 is 0 Å². The molecule has 0 aromatic heterocycles. The van der Waals surface area contributed by atoms with Gasteiger partial charge in [0.25, 0.3) is 0 Å². The van der Waals surface area contributed by atoms with Gasteiger partial charge in [-0.2, -0.15) is 0 Å². The van der Waals surface area contributed by atoms with E-state index in [-0.39, 0.29) is 11.7 Å². The van der Waals surface area contributed by atoms with Crippen LogP contribution in [-0.2, 0) is 6.42 Å². The van der Waals surface area contributed by atoms with Crippen molar-refractivity contribution < 1.29 is 4.79 Å². The van der Waals surface area contributed by atoms with Crippen LogP contribution in [0.5, 0.6) is 0 Å². The minimum absolute atomic E-state index is 0.108. The molecule has 1 heteroatoms. The lowest BCUT2D eigenvalue weighted by Gasteiger charge is -2.14. The highest BCUT2D eigenvalue weighted by atomic mass is 16.1. The van der Waals surface area contributed by atoms with Crippen molar-refractivity contribution in [3.8, 4) is 0 Å². The van der Waals surface area contributed by atoms with Crippen LogP contribution in [-0.4, -0.2) is 5.78 Å². The zero-order valence-corrected chi connectivity index (χ0v) is 10.1. The number of rotatable bonds is 4. The van der Waals surface area contributed by atoms with Crippen molar-refractivity contribution in [2.75, 3.05) is 0 Å². The van der Waals surface area contributed by atoms with Crippen molar-refractivity contribution in [2.45, 2.75) is 34.1 Å². The van der Waals surface area contributed by atoms with E-state index in [1.165, 1.54) is 5.56 Å². The second kappa shape index (κ2) is 5.11. The van der Waals surface area contributed by atoms with Crippen molar-refractivity contribution in [1.29, 1.82) is 0 Å². The van der Waals surface area contributed by atoms with Crippen LogP contribution in [0.4, 0.5) is 0 Å². The van der Waals surface area contributed by atoms with Gasteiger partial charge < -0.3 is 0 Å². The number of Topliss-reactive ketones (excluding diaryl/α,β-unsaturated/α-hetero) is 1. The lowest BCUT2D eigenvalue weighted by Crippen LogP contribution is -2.17. The molecule has 0 spiro atoms. The highest BCUT2D eigenvalue weighted by molar-refractivity contribution is 5.97. The molecule has 15 heavy (non-hydrogen) atoms. The van der Waals surface area contributed by atoms with Crippen LogP contribution < -0.4 is 0 Å². The summed E-state index contributed by atoms with van der Waals surface area (Å²) in [6, 6.07) is 7.97.